The van der Waals surface area contributed by atoms with Gasteiger partial charge in [0, 0.05) is 41.7 Å². The number of benzene rings is 3. The average Bonchev–Trinajstić information content (AvgIpc) is 2.99. The first kappa shape index (κ1) is 24.7. The zero-order chi connectivity index (χ0) is 25.7. The van der Waals surface area contributed by atoms with Gasteiger partial charge in [-0.2, -0.15) is 0 Å². The highest BCUT2D eigenvalue weighted by Gasteiger charge is 2.29. The highest BCUT2D eigenvalue weighted by atomic mass is 16.5. The number of carbonyl (C=O) groups is 2. The predicted octanol–water partition coefficient (Wildman–Crippen LogP) is 4.67. The third-order valence-electron chi connectivity index (χ3n) is 5.82. The maximum atomic E-state index is 13.1. The molecule has 1 aliphatic heterocycles. The van der Waals surface area contributed by atoms with Gasteiger partial charge in [0.05, 0.1) is 21.3 Å². The number of nitrogens with one attached hydrogen (secondary N) is 2. The first-order valence-corrected chi connectivity index (χ1v) is 11.4. The van der Waals surface area contributed by atoms with Crippen LogP contribution < -0.4 is 29.6 Å². The van der Waals surface area contributed by atoms with Crippen molar-refractivity contribution in [2.45, 2.75) is 26.1 Å². The van der Waals surface area contributed by atoms with Gasteiger partial charge in [-0.05, 0) is 43.3 Å². The Hall–Kier alpha value is -4.40. The third kappa shape index (κ3) is 5.46. The van der Waals surface area contributed by atoms with Crippen molar-refractivity contribution in [3.63, 3.8) is 0 Å². The van der Waals surface area contributed by atoms with E-state index in [1.165, 1.54) is 0 Å². The molecule has 0 fully saturated rings. The summed E-state index contributed by atoms with van der Waals surface area (Å²) in [6, 6.07) is 17.5. The number of methoxy groups -OCH3 is 3. The summed E-state index contributed by atoms with van der Waals surface area (Å²) in [7, 11) is 4.71. The van der Waals surface area contributed by atoms with Crippen LogP contribution in [0.4, 0.5) is 16.2 Å². The minimum Gasteiger partial charge on any atom is -0.497 e. The molecule has 3 aromatic rings. The summed E-state index contributed by atoms with van der Waals surface area (Å²) in [6.45, 7) is 2.33. The number of rotatable bonds is 7. The Bertz CT molecular complexity index is 1260. The Morgan fingerprint density at radius 3 is 2.44 bits per heavy atom. The Labute approximate surface area is 209 Å². The molecule has 3 amide bonds. The van der Waals surface area contributed by atoms with Crippen LogP contribution >= 0.6 is 0 Å². The number of carbonyl (C=O) groups excluding carboxylic acids is 2. The topological polar surface area (TPSA) is 98.4 Å². The second-order valence-electron chi connectivity index (χ2n) is 8.24. The number of amides is 3. The fourth-order valence-corrected chi connectivity index (χ4v) is 4.09. The predicted molar refractivity (Wildman–Crippen MR) is 136 cm³/mol. The Kier molecular flexibility index (Phi) is 7.48. The molecular formula is C27H29N3O6. The molecule has 0 saturated carbocycles. The van der Waals surface area contributed by atoms with Gasteiger partial charge in [0.25, 0.3) is 5.91 Å². The van der Waals surface area contributed by atoms with Crippen LogP contribution in [0.3, 0.4) is 0 Å². The van der Waals surface area contributed by atoms with E-state index in [-0.39, 0.29) is 5.91 Å². The van der Waals surface area contributed by atoms with Crippen LogP contribution in [0.5, 0.6) is 23.0 Å². The average molecular weight is 492 g/mol. The van der Waals surface area contributed by atoms with Crippen molar-refractivity contribution in [2.75, 3.05) is 32.0 Å². The molecule has 9 nitrogen and oxygen atoms in total. The van der Waals surface area contributed by atoms with Crippen LogP contribution in [0.15, 0.2) is 60.7 Å². The summed E-state index contributed by atoms with van der Waals surface area (Å²) >= 11 is 0. The van der Waals surface area contributed by atoms with Crippen LogP contribution in [0.2, 0.25) is 0 Å². The van der Waals surface area contributed by atoms with Crippen molar-refractivity contribution in [1.82, 2.24) is 4.90 Å². The van der Waals surface area contributed by atoms with E-state index in [0.29, 0.717) is 47.5 Å². The quantitative estimate of drug-likeness (QED) is 0.499. The highest BCUT2D eigenvalue weighted by molar-refractivity contribution is 6.00. The number of hydrogen-bond acceptors (Lipinski definition) is 6. The van der Waals surface area contributed by atoms with E-state index in [1.54, 1.807) is 69.6 Å². The lowest BCUT2D eigenvalue weighted by Gasteiger charge is -2.24. The van der Waals surface area contributed by atoms with E-state index >= 15 is 0 Å². The molecule has 1 aliphatic rings. The molecule has 2 N–H and O–H groups in total. The summed E-state index contributed by atoms with van der Waals surface area (Å²) in [4.78, 5) is 27.4. The highest BCUT2D eigenvalue weighted by Crippen LogP contribution is 2.34. The number of para-hydroxylation sites is 1. The van der Waals surface area contributed by atoms with Crippen LogP contribution in [-0.2, 0) is 17.9 Å². The molecule has 1 atom stereocenters. The molecule has 0 radical (unpaired) electrons. The van der Waals surface area contributed by atoms with E-state index in [4.69, 9.17) is 18.9 Å². The van der Waals surface area contributed by atoms with Gasteiger partial charge in [-0.25, -0.2) is 4.79 Å². The fraction of sp³-hybridized carbons (Fsp3) is 0.259. The summed E-state index contributed by atoms with van der Waals surface area (Å²) in [5.41, 5.74) is 2.75. The molecule has 0 aliphatic carbocycles. The van der Waals surface area contributed by atoms with Crippen LogP contribution in [0.1, 0.15) is 18.1 Å². The second-order valence-corrected chi connectivity index (χ2v) is 8.24. The maximum absolute atomic E-state index is 13.1. The minimum atomic E-state index is -0.668. The van der Waals surface area contributed by atoms with Gasteiger partial charge in [0.1, 0.15) is 11.5 Å². The molecule has 0 bridgehead atoms. The molecule has 0 saturated heterocycles. The molecule has 9 heteroatoms. The lowest BCUT2D eigenvalue weighted by molar-refractivity contribution is -0.138. The van der Waals surface area contributed by atoms with Crippen LogP contribution in [0, 0.1) is 0 Å². The normalized spacial score (nSPS) is 14.7. The Morgan fingerprint density at radius 2 is 1.72 bits per heavy atom. The largest absolute Gasteiger partial charge is 0.497 e. The SMILES string of the molecule is COc1cccc(NC(=O)Nc2ccc3c(c2)CN(Cc2cccc(OC)c2OC)C(=O)[C@H](C)O3)c1. The molecule has 36 heavy (non-hydrogen) atoms. The van der Waals surface area contributed by atoms with Crippen molar-refractivity contribution in [3.8, 4) is 23.0 Å². The standard InChI is InChI=1S/C27H29N3O6/c1-17-26(31)30(15-18-7-5-10-24(34-3)25(18)35-4)16-19-13-21(11-12-23(19)36-17)29-27(32)28-20-8-6-9-22(14-20)33-2/h5-14,17H,15-16H2,1-4H3,(H2,28,29,32)/t17-/m0/s1. The van der Waals surface area contributed by atoms with Crippen molar-refractivity contribution in [2.24, 2.45) is 0 Å². The Balaban J connectivity index is 1.53. The van der Waals surface area contributed by atoms with Gasteiger partial charge in [0.2, 0.25) is 0 Å². The van der Waals surface area contributed by atoms with Gasteiger partial charge >= 0.3 is 6.03 Å². The number of fused-ring (bicyclic) bond motifs is 1. The molecule has 4 rings (SSSR count). The van der Waals surface area contributed by atoms with Crippen molar-refractivity contribution in [3.05, 3.63) is 71.8 Å². The van der Waals surface area contributed by atoms with Crippen LogP contribution in [-0.4, -0.2) is 44.3 Å². The lowest BCUT2D eigenvalue weighted by Crippen LogP contribution is -2.37. The first-order chi connectivity index (χ1) is 17.4. The number of hydrogen-bond donors (Lipinski definition) is 2. The minimum absolute atomic E-state index is 0.152. The number of nitrogens with zero attached hydrogens (tertiary/aromatic N) is 1. The molecular weight excluding hydrogens is 462 g/mol. The monoisotopic (exact) mass is 491 g/mol. The van der Waals surface area contributed by atoms with E-state index < -0.39 is 12.1 Å². The fourth-order valence-electron chi connectivity index (χ4n) is 4.09. The summed E-state index contributed by atoms with van der Waals surface area (Å²) in [5.74, 6) is 2.25. The molecule has 188 valence electrons. The Morgan fingerprint density at radius 1 is 0.972 bits per heavy atom. The van der Waals surface area contributed by atoms with Gasteiger partial charge < -0.3 is 34.5 Å². The number of anilines is 2. The van der Waals surface area contributed by atoms with E-state index in [0.717, 1.165) is 11.1 Å². The van der Waals surface area contributed by atoms with Crippen molar-refractivity contribution in [1.29, 1.82) is 0 Å². The molecule has 0 aromatic heterocycles. The van der Waals surface area contributed by atoms with Gasteiger partial charge in [-0.15, -0.1) is 0 Å². The molecule has 3 aromatic carbocycles. The maximum Gasteiger partial charge on any atom is 0.323 e. The summed E-state index contributed by atoms with van der Waals surface area (Å²) in [5, 5.41) is 5.62. The van der Waals surface area contributed by atoms with E-state index in [1.807, 2.05) is 24.3 Å². The molecule has 0 unspecified atom stereocenters. The zero-order valence-corrected chi connectivity index (χ0v) is 20.7. The van der Waals surface area contributed by atoms with Gasteiger partial charge in [-0.1, -0.05) is 18.2 Å². The summed E-state index contributed by atoms with van der Waals surface area (Å²) < 4.78 is 22.1. The van der Waals surface area contributed by atoms with Gasteiger partial charge in [-0.3, -0.25) is 4.79 Å². The first-order valence-electron chi connectivity index (χ1n) is 11.4. The zero-order valence-electron chi connectivity index (χ0n) is 20.7. The number of urea groups is 1. The van der Waals surface area contributed by atoms with E-state index in [2.05, 4.69) is 10.6 Å². The number of ether oxygens (including phenoxy) is 4. The van der Waals surface area contributed by atoms with Crippen molar-refractivity contribution >= 4 is 23.3 Å². The summed E-state index contributed by atoms with van der Waals surface area (Å²) in [6.07, 6.45) is -0.668. The van der Waals surface area contributed by atoms with Crippen LogP contribution in [0.25, 0.3) is 0 Å². The van der Waals surface area contributed by atoms with E-state index in [9.17, 15) is 9.59 Å². The second kappa shape index (κ2) is 10.9. The third-order valence-corrected chi connectivity index (χ3v) is 5.82. The lowest BCUT2D eigenvalue weighted by atomic mass is 10.1. The van der Waals surface area contributed by atoms with Gasteiger partial charge in [0.15, 0.2) is 17.6 Å². The van der Waals surface area contributed by atoms with Crippen molar-refractivity contribution < 1.29 is 28.5 Å². The molecule has 1 heterocycles. The smallest absolute Gasteiger partial charge is 0.323 e. The molecule has 0 spiro atoms.